The Hall–Kier alpha value is -4.69. The summed E-state index contributed by atoms with van der Waals surface area (Å²) in [5, 5.41) is 4.87. The monoisotopic (exact) mass is 788 g/mol. The van der Waals surface area contributed by atoms with Crippen LogP contribution in [0.3, 0.4) is 0 Å². The molecule has 2 aliphatic heterocycles. The molecule has 3 rings (SSSR count). The van der Waals surface area contributed by atoms with Gasteiger partial charge in [0.05, 0.1) is 19.7 Å². The molecule has 0 spiro atoms. The van der Waals surface area contributed by atoms with Crippen molar-refractivity contribution in [1.82, 2.24) is 20.4 Å². The number of allylic oxidation sites excluding steroid dienone is 2. The quantitative estimate of drug-likeness (QED) is 0.0765. The molecule has 5 amide bonds. The average molecular weight is 789 g/mol. The topological polar surface area (TPSA) is 170 Å². The summed E-state index contributed by atoms with van der Waals surface area (Å²) in [7, 11) is 0. The average Bonchev–Trinajstić information content (AvgIpc) is 3.72. The van der Waals surface area contributed by atoms with Crippen LogP contribution in [-0.4, -0.2) is 88.4 Å². The minimum atomic E-state index is -1.25. The van der Waals surface area contributed by atoms with E-state index in [1.165, 1.54) is 15.9 Å². The molecule has 2 N–H and O–H groups in total. The Morgan fingerprint density at radius 3 is 2.27 bits per heavy atom. The zero-order chi connectivity index (χ0) is 41.6. The molecule has 1 fully saturated rings. The summed E-state index contributed by atoms with van der Waals surface area (Å²) in [6.45, 7) is 14.2. The Kier molecular flexibility index (Phi) is 17.1. The van der Waals surface area contributed by atoms with Gasteiger partial charge in [-0.25, -0.2) is 18.8 Å². The second-order valence-electron chi connectivity index (χ2n) is 16.2. The van der Waals surface area contributed by atoms with E-state index in [1.807, 2.05) is 0 Å². The van der Waals surface area contributed by atoms with Crippen molar-refractivity contribution < 1.29 is 52.1 Å². The first-order valence-electron chi connectivity index (χ1n) is 19.7. The summed E-state index contributed by atoms with van der Waals surface area (Å²) in [5.74, 6) is -1.81. The van der Waals surface area contributed by atoms with Crippen LogP contribution in [0.4, 0.5) is 18.8 Å². The molecular weight excluding hydrogens is 727 g/mol. The van der Waals surface area contributed by atoms with Crippen LogP contribution in [0.2, 0.25) is 0 Å². The standard InChI is InChI=1S/C41H61FN4O10/c1-9-27(21-22-34(47)53-10-2)17-14-12-11-13-15-20-32(43-37(50)55-40(3,4)5)36(49)46-25-29(23-33(46)35(48)44-38(51)56-41(6,7)8)54-39(52)45-24-28-18-16-19-31(42)30(28)26-45/h14,16-19,27,29,32-33H,9-13,15,20-26H2,1-8H3,(H,43,50)(H,44,48,51)/b17-14-/t27-,29-,32+,33+/m1/s1. The third-order valence-corrected chi connectivity index (χ3v) is 9.23. The number of benzene rings is 1. The van der Waals surface area contributed by atoms with E-state index in [2.05, 4.69) is 29.7 Å². The number of likely N-dealkylation sites (tertiary alicyclic amines) is 1. The molecule has 14 nitrogen and oxygen atoms in total. The van der Waals surface area contributed by atoms with Gasteiger partial charge in [0.2, 0.25) is 5.91 Å². The summed E-state index contributed by atoms with van der Waals surface area (Å²) < 4.78 is 35.9. The van der Waals surface area contributed by atoms with Crippen molar-refractivity contribution in [2.24, 2.45) is 5.92 Å². The molecule has 0 bridgehead atoms. The van der Waals surface area contributed by atoms with Gasteiger partial charge in [-0.05, 0) is 98.1 Å². The molecule has 0 radical (unpaired) electrons. The van der Waals surface area contributed by atoms with Crippen LogP contribution in [-0.2, 0) is 46.4 Å². The molecule has 0 aromatic heterocycles. The lowest BCUT2D eigenvalue weighted by Crippen LogP contribution is -2.54. The lowest BCUT2D eigenvalue weighted by atomic mass is 9.99. The minimum Gasteiger partial charge on any atom is -0.466 e. The molecule has 56 heavy (non-hydrogen) atoms. The molecule has 1 aromatic rings. The first-order valence-corrected chi connectivity index (χ1v) is 19.7. The zero-order valence-electron chi connectivity index (χ0n) is 34.2. The number of alkyl carbamates (subject to hydrolysis) is 2. The highest BCUT2D eigenvalue weighted by Gasteiger charge is 2.45. The van der Waals surface area contributed by atoms with Crippen LogP contribution in [0.5, 0.6) is 0 Å². The van der Waals surface area contributed by atoms with Crippen molar-refractivity contribution in [1.29, 1.82) is 0 Å². The van der Waals surface area contributed by atoms with Crippen molar-refractivity contribution >= 4 is 36.1 Å². The van der Waals surface area contributed by atoms with Crippen LogP contribution in [0.15, 0.2) is 30.4 Å². The molecule has 1 aromatic carbocycles. The van der Waals surface area contributed by atoms with E-state index in [4.69, 9.17) is 18.9 Å². The van der Waals surface area contributed by atoms with E-state index in [0.29, 0.717) is 37.0 Å². The summed E-state index contributed by atoms with van der Waals surface area (Å²) in [5.41, 5.74) is -0.702. The Bertz CT molecular complexity index is 1570. The second-order valence-corrected chi connectivity index (χ2v) is 16.2. The largest absolute Gasteiger partial charge is 0.466 e. The van der Waals surface area contributed by atoms with E-state index in [1.54, 1.807) is 60.6 Å². The lowest BCUT2D eigenvalue weighted by Gasteiger charge is -2.29. The molecule has 15 heteroatoms. The number of hydrogen-bond donors (Lipinski definition) is 2. The smallest absolute Gasteiger partial charge is 0.414 e. The summed E-state index contributed by atoms with van der Waals surface area (Å²) in [6.07, 6.45) is 5.64. The maximum absolute atomic E-state index is 14.4. The van der Waals surface area contributed by atoms with Gasteiger partial charge in [-0.1, -0.05) is 44.1 Å². The number of esters is 1. The summed E-state index contributed by atoms with van der Waals surface area (Å²) in [6, 6.07) is 2.27. The molecule has 4 atom stereocenters. The van der Waals surface area contributed by atoms with Crippen LogP contribution < -0.4 is 10.6 Å². The SMILES string of the molecule is CCOC(=O)CC[C@@H](/C=C\CCCCC[C@H](NC(=O)OC(C)(C)C)C(=O)N1C[C@H](OC(=O)N2Cc3cccc(F)c3C2)C[C@H]1C(=O)NC(=O)OC(C)(C)C)CC. The molecule has 0 aliphatic carbocycles. The molecular formula is C41H61FN4O10. The fourth-order valence-corrected chi connectivity index (χ4v) is 6.55. The fraction of sp³-hybridized carbons (Fsp3) is 0.659. The predicted octanol–water partition coefficient (Wildman–Crippen LogP) is 7.07. The van der Waals surface area contributed by atoms with Gasteiger partial charge in [-0.2, -0.15) is 0 Å². The number of rotatable bonds is 16. The summed E-state index contributed by atoms with van der Waals surface area (Å²) in [4.78, 5) is 81.0. The fourth-order valence-electron chi connectivity index (χ4n) is 6.55. The molecule has 312 valence electrons. The van der Waals surface area contributed by atoms with Gasteiger partial charge >= 0.3 is 24.2 Å². The van der Waals surface area contributed by atoms with Crippen LogP contribution in [0.1, 0.15) is 124 Å². The first-order chi connectivity index (χ1) is 26.3. The van der Waals surface area contributed by atoms with Gasteiger partial charge in [0.15, 0.2) is 0 Å². The number of carbonyl (C=O) groups excluding carboxylic acids is 6. The van der Waals surface area contributed by atoms with Gasteiger partial charge in [-0.15, -0.1) is 0 Å². The highest BCUT2D eigenvalue weighted by atomic mass is 19.1. The Morgan fingerprint density at radius 2 is 1.62 bits per heavy atom. The van der Waals surface area contributed by atoms with Crippen molar-refractivity contribution in [3.05, 3.63) is 47.3 Å². The Morgan fingerprint density at radius 1 is 0.929 bits per heavy atom. The van der Waals surface area contributed by atoms with Crippen molar-refractivity contribution in [2.45, 2.75) is 156 Å². The van der Waals surface area contributed by atoms with Gasteiger partial charge < -0.3 is 29.2 Å². The predicted molar refractivity (Wildman–Crippen MR) is 205 cm³/mol. The van der Waals surface area contributed by atoms with Crippen molar-refractivity contribution in [3.8, 4) is 0 Å². The zero-order valence-corrected chi connectivity index (χ0v) is 34.2. The van der Waals surface area contributed by atoms with Crippen LogP contribution >= 0.6 is 0 Å². The maximum atomic E-state index is 14.4. The number of nitrogens with zero attached hydrogens (tertiary/aromatic N) is 2. The number of carbonyl (C=O) groups is 6. The number of ether oxygens (including phenoxy) is 4. The van der Waals surface area contributed by atoms with E-state index >= 15 is 0 Å². The number of imide groups is 1. The number of halogens is 1. The second kappa shape index (κ2) is 21.0. The molecule has 0 unspecified atom stereocenters. The number of unbranched alkanes of at least 4 members (excludes halogenated alkanes) is 3. The molecule has 1 saturated heterocycles. The summed E-state index contributed by atoms with van der Waals surface area (Å²) >= 11 is 0. The Balaban J connectivity index is 1.72. The third-order valence-electron chi connectivity index (χ3n) is 9.23. The normalized spacial score (nSPS) is 17.9. The number of hydrogen-bond acceptors (Lipinski definition) is 10. The van der Waals surface area contributed by atoms with Crippen molar-refractivity contribution in [3.63, 3.8) is 0 Å². The number of fused-ring (bicyclic) bond motifs is 1. The van der Waals surface area contributed by atoms with Crippen molar-refractivity contribution in [2.75, 3.05) is 13.2 Å². The van der Waals surface area contributed by atoms with E-state index in [9.17, 15) is 33.2 Å². The number of amides is 5. The van der Waals surface area contributed by atoms with Crippen LogP contribution in [0, 0.1) is 11.7 Å². The molecule has 2 aliphatic rings. The third kappa shape index (κ3) is 15.1. The first kappa shape index (κ1) is 45.7. The minimum absolute atomic E-state index is 0.00507. The highest BCUT2D eigenvalue weighted by Crippen LogP contribution is 2.28. The molecule has 0 saturated carbocycles. The number of nitrogens with one attached hydrogen (secondary N) is 2. The van der Waals surface area contributed by atoms with E-state index in [0.717, 1.165) is 25.7 Å². The van der Waals surface area contributed by atoms with Gasteiger partial charge in [0.1, 0.15) is 35.2 Å². The van der Waals surface area contributed by atoms with Gasteiger partial charge in [0, 0.05) is 24.9 Å². The lowest BCUT2D eigenvalue weighted by molar-refractivity contribution is -0.143. The van der Waals surface area contributed by atoms with Gasteiger partial charge in [0.25, 0.3) is 5.91 Å². The van der Waals surface area contributed by atoms with E-state index in [-0.39, 0.29) is 44.4 Å². The maximum Gasteiger partial charge on any atom is 0.414 e. The molecule has 2 heterocycles. The van der Waals surface area contributed by atoms with Gasteiger partial charge in [-0.3, -0.25) is 24.6 Å². The Labute approximate surface area is 330 Å². The van der Waals surface area contributed by atoms with Crippen LogP contribution in [0.25, 0.3) is 0 Å². The van der Waals surface area contributed by atoms with E-state index < -0.39 is 65.3 Å². The highest BCUT2D eigenvalue weighted by molar-refractivity contribution is 5.98.